The monoisotopic (exact) mass is 337 g/mol. The Kier molecular flexibility index (Phi) is 6.15. The molecule has 1 aliphatic rings. The molecule has 0 aromatic carbocycles. The second-order valence-corrected chi connectivity index (χ2v) is 6.73. The number of thiophene rings is 1. The van der Waals surface area contributed by atoms with Crippen molar-refractivity contribution in [3.8, 4) is 0 Å². The quantitative estimate of drug-likeness (QED) is 0.675. The van der Waals surface area contributed by atoms with Crippen molar-refractivity contribution >= 4 is 29.1 Å². The molecule has 0 bridgehead atoms. The second kappa shape index (κ2) is 8.10. The van der Waals surface area contributed by atoms with E-state index in [1.807, 2.05) is 6.07 Å². The Bertz CT molecular complexity index is 551. The molecule has 2 rings (SSSR count). The van der Waals surface area contributed by atoms with Gasteiger partial charge in [0, 0.05) is 23.4 Å². The molecule has 23 heavy (non-hydrogen) atoms. The van der Waals surface area contributed by atoms with Crippen molar-refractivity contribution in [2.75, 3.05) is 19.6 Å². The van der Waals surface area contributed by atoms with E-state index in [1.54, 1.807) is 18.3 Å². The van der Waals surface area contributed by atoms with Gasteiger partial charge in [0.15, 0.2) is 0 Å². The minimum Gasteiger partial charge on any atom is -0.354 e. The number of hydrogen-bond donors (Lipinski definition) is 3. The van der Waals surface area contributed by atoms with Crippen LogP contribution in [0.4, 0.5) is 0 Å². The van der Waals surface area contributed by atoms with Gasteiger partial charge in [0.1, 0.15) is 0 Å². The summed E-state index contributed by atoms with van der Waals surface area (Å²) in [6.07, 6.45) is 4.47. The van der Waals surface area contributed by atoms with Gasteiger partial charge in [-0.25, -0.2) is 0 Å². The van der Waals surface area contributed by atoms with Crippen LogP contribution in [-0.2, 0) is 19.8 Å². The van der Waals surface area contributed by atoms with Crippen molar-refractivity contribution in [3.63, 3.8) is 0 Å². The third kappa shape index (κ3) is 4.54. The predicted molar refractivity (Wildman–Crippen MR) is 89.2 cm³/mol. The van der Waals surface area contributed by atoms with Crippen LogP contribution in [0.1, 0.15) is 37.5 Å². The zero-order valence-corrected chi connectivity index (χ0v) is 14.1. The number of likely N-dealkylation sites (N-methyl/N-ethyl adjacent to an activating group) is 1. The normalized spacial score (nSPS) is 15.9. The molecular formula is C16H23N3O3S. The van der Waals surface area contributed by atoms with Crippen molar-refractivity contribution in [2.24, 2.45) is 0 Å². The third-order valence-electron chi connectivity index (χ3n) is 4.18. The zero-order chi connectivity index (χ0) is 16.7. The van der Waals surface area contributed by atoms with E-state index in [4.69, 9.17) is 0 Å². The van der Waals surface area contributed by atoms with Gasteiger partial charge in [-0.1, -0.05) is 18.9 Å². The lowest BCUT2D eigenvalue weighted by molar-refractivity contribution is -0.139. The van der Waals surface area contributed by atoms with E-state index in [-0.39, 0.29) is 17.9 Å². The fraction of sp³-hybridized carbons (Fsp3) is 0.562. The molecule has 0 saturated heterocycles. The maximum atomic E-state index is 11.9. The van der Waals surface area contributed by atoms with Gasteiger partial charge in [-0.3, -0.25) is 14.4 Å². The van der Waals surface area contributed by atoms with Gasteiger partial charge in [-0.15, -0.1) is 11.3 Å². The van der Waals surface area contributed by atoms with Crippen molar-refractivity contribution in [2.45, 2.75) is 38.0 Å². The minimum atomic E-state index is -0.782. The Hall–Kier alpha value is -1.89. The summed E-state index contributed by atoms with van der Waals surface area (Å²) < 4.78 is 0. The zero-order valence-electron chi connectivity index (χ0n) is 13.3. The van der Waals surface area contributed by atoms with E-state index in [0.717, 1.165) is 12.8 Å². The summed E-state index contributed by atoms with van der Waals surface area (Å²) in [6, 6.07) is 4.16. The second-order valence-electron chi connectivity index (χ2n) is 5.78. The van der Waals surface area contributed by atoms with E-state index in [0.29, 0.717) is 13.1 Å². The largest absolute Gasteiger partial charge is 0.354 e. The standard InChI is InChI=1S/C16H23N3O3S/c1-2-17-14(21)15(22)18-10-13(20)19-11-16(7-3-4-8-16)12-6-5-9-23-12/h5-6,9H,2-4,7-8,10-11H2,1H3,(H,17,21)(H,18,22)(H,19,20). The Morgan fingerprint density at radius 2 is 1.83 bits per heavy atom. The highest BCUT2D eigenvalue weighted by Gasteiger charge is 2.36. The average molecular weight is 337 g/mol. The molecule has 7 heteroatoms. The molecule has 1 aromatic heterocycles. The summed E-state index contributed by atoms with van der Waals surface area (Å²) in [7, 11) is 0. The average Bonchev–Trinajstić information content (AvgIpc) is 3.22. The lowest BCUT2D eigenvalue weighted by Gasteiger charge is -2.28. The highest BCUT2D eigenvalue weighted by atomic mass is 32.1. The summed E-state index contributed by atoms with van der Waals surface area (Å²) in [4.78, 5) is 36.0. The van der Waals surface area contributed by atoms with Crippen molar-refractivity contribution in [1.29, 1.82) is 0 Å². The Morgan fingerprint density at radius 1 is 1.13 bits per heavy atom. The van der Waals surface area contributed by atoms with Gasteiger partial charge < -0.3 is 16.0 Å². The molecule has 1 heterocycles. The van der Waals surface area contributed by atoms with E-state index >= 15 is 0 Å². The van der Waals surface area contributed by atoms with Gasteiger partial charge in [0.2, 0.25) is 5.91 Å². The number of nitrogens with one attached hydrogen (secondary N) is 3. The fourth-order valence-electron chi connectivity index (χ4n) is 2.95. The molecule has 126 valence electrons. The van der Waals surface area contributed by atoms with Crippen molar-refractivity contribution in [3.05, 3.63) is 22.4 Å². The van der Waals surface area contributed by atoms with Crippen LogP contribution in [0.25, 0.3) is 0 Å². The molecule has 1 saturated carbocycles. The van der Waals surface area contributed by atoms with E-state index in [9.17, 15) is 14.4 Å². The maximum Gasteiger partial charge on any atom is 0.309 e. The number of amides is 3. The van der Waals surface area contributed by atoms with Gasteiger partial charge in [0.05, 0.1) is 6.54 Å². The van der Waals surface area contributed by atoms with Crippen LogP contribution in [0.5, 0.6) is 0 Å². The highest BCUT2D eigenvalue weighted by Crippen LogP contribution is 2.42. The number of carbonyl (C=O) groups excluding carboxylic acids is 3. The maximum absolute atomic E-state index is 11.9. The first-order chi connectivity index (χ1) is 11.1. The lowest BCUT2D eigenvalue weighted by atomic mass is 9.84. The van der Waals surface area contributed by atoms with Crippen LogP contribution in [0.2, 0.25) is 0 Å². The molecule has 0 aliphatic heterocycles. The first-order valence-corrected chi connectivity index (χ1v) is 8.82. The van der Waals surface area contributed by atoms with Gasteiger partial charge in [0.25, 0.3) is 0 Å². The first-order valence-electron chi connectivity index (χ1n) is 7.94. The molecule has 1 aromatic rings. The van der Waals surface area contributed by atoms with Gasteiger partial charge >= 0.3 is 11.8 Å². The Labute approximate surface area is 140 Å². The highest BCUT2D eigenvalue weighted by molar-refractivity contribution is 7.10. The van der Waals surface area contributed by atoms with Gasteiger partial charge in [-0.2, -0.15) is 0 Å². The molecule has 0 radical (unpaired) electrons. The SMILES string of the molecule is CCNC(=O)C(=O)NCC(=O)NCC1(c2cccs2)CCCC1. The third-order valence-corrected chi connectivity index (χ3v) is 5.30. The summed E-state index contributed by atoms with van der Waals surface area (Å²) in [6.45, 7) is 2.49. The molecular weight excluding hydrogens is 314 g/mol. The van der Waals surface area contributed by atoms with Crippen LogP contribution in [0, 0.1) is 0 Å². The fourth-order valence-corrected chi connectivity index (χ4v) is 3.94. The van der Waals surface area contributed by atoms with Crippen LogP contribution in [0.3, 0.4) is 0 Å². The number of hydrogen-bond acceptors (Lipinski definition) is 4. The number of rotatable bonds is 6. The smallest absolute Gasteiger partial charge is 0.309 e. The van der Waals surface area contributed by atoms with E-state index in [1.165, 1.54) is 17.7 Å². The molecule has 6 nitrogen and oxygen atoms in total. The minimum absolute atomic E-state index is 0.0213. The van der Waals surface area contributed by atoms with Crippen molar-refractivity contribution < 1.29 is 14.4 Å². The van der Waals surface area contributed by atoms with Crippen LogP contribution >= 0.6 is 11.3 Å². The summed E-state index contributed by atoms with van der Waals surface area (Å²) in [5, 5.41) is 9.68. The predicted octanol–water partition coefficient (Wildman–Crippen LogP) is 0.928. The molecule has 0 spiro atoms. The molecule has 1 aliphatic carbocycles. The summed E-state index contributed by atoms with van der Waals surface area (Å²) in [5.41, 5.74) is 0.0213. The van der Waals surface area contributed by atoms with Gasteiger partial charge in [-0.05, 0) is 31.2 Å². The molecule has 1 fully saturated rings. The van der Waals surface area contributed by atoms with Crippen LogP contribution < -0.4 is 16.0 Å². The van der Waals surface area contributed by atoms with Crippen molar-refractivity contribution in [1.82, 2.24) is 16.0 Å². The Morgan fingerprint density at radius 3 is 2.43 bits per heavy atom. The lowest BCUT2D eigenvalue weighted by Crippen LogP contribution is -2.46. The van der Waals surface area contributed by atoms with E-state index in [2.05, 4.69) is 27.4 Å². The summed E-state index contributed by atoms with van der Waals surface area (Å²) in [5.74, 6) is -1.77. The Balaban J connectivity index is 1.81. The summed E-state index contributed by atoms with van der Waals surface area (Å²) >= 11 is 1.72. The molecule has 0 atom stereocenters. The molecule has 3 N–H and O–H groups in total. The van der Waals surface area contributed by atoms with Crippen LogP contribution in [-0.4, -0.2) is 37.4 Å². The van der Waals surface area contributed by atoms with E-state index < -0.39 is 11.8 Å². The topological polar surface area (TPSA) is 87.3 Å². The van der Waals surface area contributed by atoms with Crippen LogP contribution in [0.15, 0.2) is 17.5 Å². The molecule has 3 amide bonds. The first kappa shape index (κ1) is 17.5. The number of carbonyl (C=O) groups is 3. The molecule has 0 unspecified atom stereocenters.